The second kappa shape index (κ2) is 3.96. The summed E-state index contributed by atoms with van der Waals surface area (Å²) in [7, 11) is 0. The van der Waals surface area contributed by atoms with Gasteiger partial charge in [0.15, 0.2) is 0 Å². The molecular formula is C15H14N2O. The van der Waals surface area contributed by atoms with Gasteiger partial charge in [0, 0.05) is 5.56 Å². The number of amides is 1. The summed E-state index contributed by atoms with van der Waals surface area (Å²) in [6.45, 7) is 0. The van der Waals surface area contributed by atoms with Crippen LogP contribution in [0.25, 0.3) is 0 Å². The van der Waals surface area contributed by atoms with Gasteiger partial charge in [-0.25, -0.2) is 0 Å². The zero-order valence-corrected chi connectivity index (χ0v) is 9.89. The first-order valence-corrected chi connectivity index (χ1v) is 5.94. The van der Waals surface area contributed by atoms with Crippen molar-refractivity contribution in [1.82, 2.24) is 5.32 Å². The van der Waals surface area contributed by atoms with Gasteiger partial charge in [-0.05, 0) is 11.1 Å². The summed E-state index contributed by atoms with van der Waals surface area (Å²) in [5.41, 5.74) is 8.38. The zero-order chi connectivity index (χ0) is 12.6. The van der Waals surface area contributed by atoms with E-state index in [-0.39, 0.29) is 5.91 Å². The van der Waals surface area contributed by atoms with E-state index in [0.717, 1.165) is 16.7 Å². The summed E-state index contributed by atoms with van der Waals surface area (Å²) in [5.74, 6) is -0.0416. The summed E-state index contributed by atoms with van der Waals surface area (Å²) >= 11 is 0. The van der Waals surface area contributed by atoms with Crippen molar-refractivity contribution in [3.8, 4) is 0 Å². The lowest BCUT2D eigenvalue weighted by molar-refractivity contribution is -0.122. The van der Waals surface area contributed by atoms with Crippen molar-refractivity contribution >= 4 is 5.91 Å². The van der Waals surface area contributed by atoms with Crippen molar-refractivity contribution in [2.45, 2.75) is 12.1 Å². The Hall–Kier alpha value is -2.13. The first kappa shape index (κ1) is 11.0. The van der Waals surface area contributed by atoms with Crippen molar-refractivity contribution in [1.29, 1.82) is 0 Å². The molecular weight excluding hydrogens is 224 g/mol. The van der Waals surface area contributed by atoms with Crippen LogP contribution in [0.3, 0.4) is 0 Å². The Kier molecular flexibility index (Phi) is 2.42. The SMILES string of the molecule is NC1(c2ccccc2)NC(=O)Cc2ccccc21. The number of benzene rings is 2. The third kappa shape index (κ3) is 1.60. The first-order chi connectivity index (χ1) is 8.70. The Morgan fingerprint density at radius 3 is 2.44 bits per heavy atom. The molecule has 3 heteroatoms. The highest BCUT2D eigenvalue weighted by molar-refractivity contribution is 5.83. The third-order valence-electron chi connectivity index (χ3n) is 3.36. The highest BCUT2D eigenvalue weighted by Crippen LogP contribution is 2.30. The van der Waals surface area contributed by atoms with E-state index in [1.54, 1.807) is 0 Å². The Bertz CT molecular complexity index is 594. The molecule has 0 radical (unpaired) electrons. The smallest absolute Gasteiger partial charge is 0.226 e. The van der Waals surface area contributed by atoms with Gasteiger partial charge in [0.05, 0.1) is 6.42 Å². The van der Waals surface area contributed by atoms with Gasteiger partial charge in [-0.15, -0.1) is 0 Å². The molecule has 1 aliphatic heterocycles. The summed E-state index contributed by atoms with van der Waals surface area (Å²) in [5, 5.41) is 2.90. The molecule has 0 spiro atoms. The highest BCUT2D eigenvalue weighted by Gasteiger charge is 2.36. The fraction of sp³-hybridized carbons (Fsp3) is 0.133. The first-order valence-electron chi connectivity index (χ1n) is 5.94. The molecule has 1 heterocycles. The largest absolute Gasteiger partial charge is 0.330 e. The van der Waals surface area contributed by atoms with Crippen molar-refractivity contribution in [3.63, 3.8) is 0 Å². The zero-order valence-electron chi connectivity index (χ0n) is 9.89. The Balaban J connectivity index is 2.21. The van der Waals surface area contributed by atoms with E-state index in [2.05, 4.69) is 5.32 Å². The van der Waals surface area contributed by atoms with Gasteiger partial charge in [0.2, 0.25) is 5.91 Å². The molecule has 90 valence electrons. The van der Waals surface area contributed by atoms with Crippen LogP contribution in [0.1, 0.15) is 16.7 Å². The molecule has 1 atom stereocenters. The molecule has 3 rings (SSSR count). The molecule has 2 aromatic rings. The van der Waals surface area contributed by atoms with Gasteiger partial charge >= 0.3 is 0 Å². The van der Waals surface area contributed by atoms with Gasteiger partial charge < -0.3 is 11.1 Å². The number of nitrogens with one attached hydrogen (secondary N) is 1. The molecule has 18 heavy (non-hydrogen) atoms. The Morgan fingerprint density at radius 1 is 1.00 bits per heavy atom. The molecule has 0 aromatic heterocycles. The summed E-state index contributed by atoms with van der Waals surface area (Å²) < 4.78 is 0. The maximum absolute atomic E-state index is 11.8. The predicted molar refractivity (Wildman–Crippen MR) is 69.7 cm³/mol. The van der Waals surface area contributed by atoms with E-state index in [1.807, 2.05) is 54.6 Å². The molecule has 2 aromatic carbocycles. The van der Waals surface area contributed by atoms with Crippen LogP contribution in [0.15, 0.2) is 54.6 Å². The highest BCUT2D eigenvalue weighted by atomic mass is 16.1. The van der Waals surface area contributed by atoms with Crippen LogP contribution >= 0.6 is 0 Å². The molecule has 0 aliphatic carbocycles. The normalized spacial score (nSPS) is 22.2. The van der Waals surface area contributed by atoms with Crippen LogP contribution in [0.5, 0.6) is 0 Å². The number of hydrogen-bond donors (Lipinski definition) is 2. The maximum atomic E-state index is 11.8. The van der Waals surface area contributed by atoms with Gasteiger partial charge in [0.25, 0.3) is 0 Å². The number of carbonyl (C=O) groups is 1. The van der Waals surface area contributed by atoms with Crippen molar-refractivity contribution in [2.75, 3.05) is 0 Å². The lowest BCUT2D eigenvalue weighted by atomic mass is 9.84. The fourth-order valence-corrected chi connectivity index (χ4v) is 2.49. The summed E-state index contributed by atoms with van der Waals surface area (Å²) in [4.78, 5) is 11.8. The topological polar surface area (TPSA) is 55.1 Å². The monoisotopic (exact) mass is 238 g/mol. The number of carbonyl (C=O) groups excluding carboxylic acids is 1. The van der Waals surface area contributed by atoms with Crippen molar-refractivity contribution < 1.29 is 4.79 Å². The molecule has 0 bridgehead atoms. The number of fused-ring (bicyclic) bond motifs is 1. The molecule has 3 N–H and O–H groups in total. The van der Waals surface area contributed by atoms with E-state index >= 15 is 0 Å². The summed E-state index contributed by atoms with van der Waals surface area (Å²) in [6.07, 6.45) is 0.391. The average molecular weight is 238 g/mol. The molecule has 0 saturated heterocycles. The Morgan fingerprint density at radius 2 is 1.67 bits per heavy atom. The summed E-state index contributed by atoms with van der Waals surface area (Å²) in [6, 6.07) is 17.5. The second-order valence-electron chi connectivity index (χ2n) is 4.56. The van der Waals surface area contributed by atoms with Crippen LogP contribution in [0, 0.1) is 0 Å². The molecule has 1 unspecified atom stereocenters. The number of nitrogens with two attached hydrogens (primary N) is 1. The van der Waals surface area contributed by atoms with Crippen molar-refractivity contribution in [2.24, 2.45) is 5.73 Å². The minimum absolute atomic E-state index is 0.0416. The standard InChI is InChI=1S/C15H14N2O/c16-15(12-7-2-1-3-8-12)13-9-5-4-6-11(13)10-14(18)17-15/h1-9H,10,16H2,(H,17,18). The number of rotatable bonds is 1. The quantitative estimate of drug-likeness (QED) is 0.791. The van der Waals surface area contributed by atoms with Crippen LogP contribution in [-0.2, 0) is 16.9 Å². The lowest BCUT2D eigenvalue weighted by Gasteiger charge is -2.36. The fourth-order valence-electron chi connectivity index (χ4n) is 2.49. The van der Waals surface area contributed by atoms with Gasteiger partial charge in [-0.2, -0.15) is 0 Å². The third-order valence-corrected chi connectivity index (χ3v) is 3.36. The lowest BCUT2D eigenvalue weighted by Crippen LogP contribution is -2.57. The van der Waals surface area contributed by atoms with E-state index in [1.165, 1.54) is 0 Å². The van der Waals surface area contributed by atoms with Crippen LogP contribution in [-0.4, -0.2) is 5.91 Å². The molecule has 1 aliphatic rings. The average Bonchev–Trinajstić information content (AvgIpc) is 2.39. The van der Waals surface area contributed by atoms with E-state index < -0.39 is 5.66 Å². The van der Waals surface area contributed by atoms with Crippen LogP contribution in [0.4, 0.5) is 0 Å². The minimum Gasteiger partial charge on any atom is -0.330 e. The van der Waals surface area contributed by atoms with Gasteiger partial charge in [-0.1, -0.05) is 54.6 Å². The van der Waals surface area contributed by atoms with Crippen LogP contribution in [0.2, 0.25) is 0 Å². The molecule has 1 amide bonds. The van der Waals surface area contributed by atoms with E-state index in [9.17, 15) is 4.79 Å². The molecule has 0 fully saturated rings. The van der Waals surface area contributed by atoms with Gasteiger partial charge in [-0.3, -0.25) is 4.79 Å². The Labute approximate surface area is 106 Å². The van der Waals surface area contributed by atoms with E-state index in [4.69, 9.17) is 5.73 Å². The van der Waals surface area contributed by atoms with Gasteiger partial charge in [0.1, 0.15) is 5.66 Å². The molecule has 3 nitrogen and oxygen atoms in total. The maximum Gasteiger partial charge on any atom is 0.226 e. The predicted octanol–water partition coefficient (Wildman–Crippen LogP) is 1.52. The van der Waals surface area contributed by atoms with Crippen molar-refractivity contribution in [3.05, 3.63) is 71.3 Å². The van der Waals surface area contributed by atoms with Crippen LogP contribution < -0.4 is 11.1 Å². The molecule has 0 saturated carbocycles. The van der Waals surface area contributed by atoms with E-state index in [0.29, 0.717) is 6.42 Å². The number of hydrogen-bond acceptors (Lipinski definition) is 2. The second-order valence-corrected chi connectivity index (χ2v) is 4.56. The minimum atomic E-state index is -0.923.